The molecule has 142 valence electrons. The van der Waals surface area contributed by atoms with Crippen molar-refractivity contribution < 1.29 is 4.79 Å². The van der Waals surface area contributed by atoms with Gasteiger partial charge in [0.15, 0.2) is 11.0 Å². The first-order valence-corrected chi connectivity index (χ1v) is 10.6. The van der Waals surface area contributed by atoms with Gasteiger partial charge in [0.25, 0.3) is 0 Å². The second kappa shape index (κ2) is 8.20. The monoisotopic (exact) mass is 455 g/mol. The van der Waals surface area contributed by atoms with Crippen LogP contribution < -0.4 is 5.32 Å². The first kappa shape index (κ1) is 18.8. The number of hydrogen-bond donors (Lipinski definition) is 2. The van der Waals surface area contributed by atoms with Crippen molar-refractivity contribution in [1.82, 2.24) is 19.7 Å². The van der Waals surface area contributed by atoms with Crippen LogP contribution in [-0.2, 0) is 11.3 Å². The van der Waals surface area contributed by atoms with Gasteiger partial charge in [0.05, 0.1) is 5.75 Å². The highest BCUT2D eigenvalue weighted by Gasteiger charge is 2.17. The number of carbonyl (C=O) groups excluding carboxylic acids is 1. The highest BCUT2D eigenvalue weighted by molar-refractivity contribution is 9.10. The zero-order valence-corrected chi connectivity index (χ0v) is 17.5. The number of aromatic nitrogens is 4. The van der Waals surface area contributed by atoms with Gasteiger partial charge in [-0.1, -0.05) is 45.9 Å². The average Bonchev–Trinajstić information content (AvgIpc) is 3.31. The minimum Gasteiger partial charge on any atom is -0.360 e. The fraction of sp³-hybridized carbons (Fsp3) is 0.150. The summed E-state index contributed by atoms with van der Waals surface area (Å²) in [6.07, 6.45) is 1.95. The Balaban J connectivity index is 1.50. The summed E-state index contributed by atoms with van der Waals surface area (Å²) in [6, 6.07) is 15.6. The van der Waals surface area contributed by atoms with E-state index in [1.807, 2.05) is 60.2 Å². The molecule has 0 bridgehead atoms. The second-order valence-corrected chi connectivity index (χ2v) is 8.00. The topological polar surface area (TPSA) is 75.6 Å². The number of rotatable bonds is 6. The maximum Gasteiger partial charge on any atom is 0.234 e. The molecular formula is C20H18BrN5OS. The van der Waals surface area contributed by atoms with Gasteiger partial charge in [-0.2, -0.15) is 0 Å². The number of aromatic amines is 1. The molecule has 2 heterocycles. The summed E-state index contributed by atoms with van der Waals surface area (Å²) in [5.41, 5.74) is 2.84. The molecule has 0 aliphatic carbocycles. The molecule has 0 spiro atoms. The zero-order valence-electron chi connectivity index (χ0n) is 15.1. The number of para-hydroxylation sites is 1. The second-order valence-electron chi connectivity index (χ2n) is 6.14. The normalized spacial score (nSPS) is 11.1. The zero-order chi connectivity index (χ0) is 19.5. The number of halogens is 1. The van der Waals surface area contributed by atoms with E-state index in [1.54, 1.807) is 0 Å². The number of amides is 1. The van der Waals surface area contributed by atoms with Crippen molar-refractivity contribution in [3.05, 3.63) is 59.2 Å². The Hall–Kier alpha value is -2.58. The Morgan fingerprint density at radius 1 is 1.18 bits per heavy atom. The maximum absolute atomic E-state index is 12.3. The molecule has 1 amide bonds. The summed E-state index contributed by atoms with van der Waals surface area (Å²) in [5.74, 6) is 0.990. The smallest absolute Gasteiger partial charge is 0.234 e. The van der Waals surface area contributed by atoms with Gasteiger partial charge in [-0.15, -0.1) is 10.2 Å². The third kappa shape index (κ3) is 3.83. The van der Waals surface area contributed by atoms with Crippen molar-refractivity contribution in [1.29, 1.82) is 0 Å². The Kier molecular flexibility index (Phi) is 5.50. The molecule has 0 saturated carbocycles. The first-order valence-electron chi connectivity index (χ1n) is 8.83. The molecule has 0 aliphatic rings. The average molecular weight is 456 g/mol. The molecule has 2 N–H and O–H groups in total. The minimum atomic E-state index is -0.0772. The first-order chi connectivity index (χ1) is 13.7. The number of benzene rings is 2. The van der Waals surface area contributed by atoms with Gasteiger partial charge >= 0.3 is 0 Å². The van der Waals surface area contributed by atoms with Crippen molar-refractivity contribution in [2.24, 2.45) is 0 Å². The lowest BCUT2D eigenvalue weighted by atomic mass is 10.1. The highest BCUT2D eigenvalue weighted by Crippen LogP contribution is 2.30. The number of H-pyrrole nitrogens is 1. The van der Waals surface area contributed by atoms with Crippen LogP contribution in [0, 0.1) is 0 Å². The Morgan fingerprint density at radius 3 is 2.75 bits per heavy atom. The number of nitrogens with zero attached hydrogens (tertiary/aromatic N) is 3. The van der Waals surface area contributed by atoms with Crippen LogP contribution >= 0.6 is 27.7 Å². The molecule has 0 unspecified atom stereocenters. The van der Waals surface area contributed by atoms with E-state index in [-0.39, 0.29) is 11.7 Å². The van der Waals surface area contributed by atoms with E-state index in [9.17, 15) is 4.79 Å². The molecule has 28 heavy (non-hydrogen) atoms. The van der Waals surface area contributed by atoms with E-state index < -0.39 is 0 Å². The van der Waals surface area contributed by atoms with Gasteiger partial charge in [0, 0.05) is 39.4 Å². The Labute approximate surface area is 174 Å². The third-order valence-corrected chi connectivity index (χ3v) is 5.82. The lowest BCUT2D eigenvalue weighted by Gasteiger charge is -2.07. The van der Waals surface area contributed by atoms with Crippen LogP contribution in [0.1, 0.15) is 6.92 Å². The lowest BCUT2D eigenvalue weighted by molar-refractivity contribution is -0.113. The van der Waals surface area contributed by atoms with Crippen LogP contribution in [-0.4, -0.2) is 31.4 Å². The van der Waals surface area contributed by atoms with Crippen molar-refractivity contribution in [3.63, 3.8) is 0 Å². The van der Waals surface area contributed by atoms with E-state index in [0.29, 0.717) is 0 Å². The molecule has 2 aromatic heterocycles. The van der Waals surface area contributed by atoms with Crippen molar-refractivity contribution in [2.45, 2.75) is 18.6 Å². The maximum atomic E-state index is 12.3. The van der Waals surface area contributed by atoms with E-state index in [0.717, 1.165) is 44.2 Å². The summed E-state index contributed by atoms with van der Waals surface area (Å²) in [4.78, 5) is 15.5. The van der Waals surface area contributed by atoms with Crippen LogP contribution in [0.25, 0.3) is 22.3 Å². The summed E-state index contributed by atoms with van der Waals surface area (Å²) in [5, 5.41) is 13.4. The lowest BCUT2D eigenvalue weighted by Crippen LogP contribution is -2.14. The van der Waals surface area contributed by atoms with Crippen molar-refractivity contribution in [3.8, 4) is 11.4 Å². The number of anilines is 1. The molecule has 0 atom stereocenters. The van der Waals surface area contributed by atoms with Crippen LogP contribution in [0.4, 0.5) is 5.69 Å². The molecule has 4 rings (SSSR count). The number of thioether (sulfide) groups is 1. The summed E-state index contributed by atoms with van der Waals surface area (Å²) in [7, 11) is 0. The van der Waals surface area contributed by atoms with Crippen LogP contribution in [0.5, 0.6) is 0 Å². The number of carbonyl (C=O) groups is 1. The van der Waals surface area contributed by atoms with Gasteiger partial charge in [-0.05, 0) is 37.3 Å². The van der Waals surface area contributed by atoms with Crippen LogP contribution in [0.2, 0.25) is 0 Å². The molecule has 0 radical (unpaired) electrons. The minimum absolute atomic E-state index is 0.0772. The quantitative estimate of drug-likeness (QED) is 0.403. The fourth-order valence-corrected chi connectivity index (χ4v) is 4.06. The fourth-order valence-electron chi connectivity index (χ4n) is 3.00. The summed E-state index contributed by atoms with van der Waals surface area (Å²) in [6.45, 7) is 2.77. The number of nitrogens with one attached hydrogen (secondary N) is 2. The highest BCUT2D eigenvalue weighted by atomic mass is 79.9. The molecule has 8 heteroatoms. The Morgan fingerprint density at radius 2 is 1.96 bits per heavy atom. The van der Waals surface area contributed by atoms with E-state index in [1.165, 1.54) is 11.8 Å². The van der Waals surface area contributed by atoms with Gasteiger partial charge in [0.2, 0.25) is 5.91 Å². The predicted octanol–water partition coefficient (Wildman–Crippen LogP) is 4.94. The molecular weight excluding hydrogens is 438 g/mol. The SMILES string of the molecule is CCn1c(SCC(=O)Nc2ccc(Br)cc2)nnc1-c1c[nH]c2ccccc12. The van der Waals surface area contributed by atoms with Crippen LogP contribution in [0.15, 0.2) is 64.4 Å². The predicted molar refractivity (Wildman–Crippen MR) is 116 cm³/mol. The van der Waals surface area contributed by atoms with Gasteiger partial charge in [-0.3, -0.25) is 4.79 Å². The summed E-state index contributed by atoms with van der Waals surface area (Å²) < 4.78 is 3.01. The third-order valence-electron chi connectivity index (χ3n) is 4.32. The molecule has 4 aromatic rings. The number of fused-ring (bicyclic) bond motifs is 1. The molecule has 2 aromatic carbocycles. The van der Waals surface area contributed by atoms with Crippen molar-refractivity contribution in [2.75, 3.05) is 11.1 Å². The van der Waals surface area contributed by atoms with Gasteiger partial charge in [0.1, 0.15) is 0 Å². The largest absolute Gasteiger partial charge is 0.360 e. The molecule has 0 aliphatic heterocycles. The van der Waals surface area contributed by atoms with Gasteiger partial charge in [-0.25, -0.2) is 0 Å². The van der Waals surface area contributed by atoms with E-state index in [2.05, 4.69) is 42.5 Å². The molecule has 6 nitrogen and oxygen atoms in total. The van der Waals surface area contributed by atoms with E-state index in [4.69, 9.17) is 0 Å². The molecule has 0 fully saturated rings. The molecule has 0 saturated heterocycles. The van der Waals surface area contributed by atoms with Crippen molar-refractivity contribution >= 4 is 50.2 Å². The van der Waals surface area contributed by atoms with Gasteiger partial charge < -0.3 is 14.9 Å². The summed E-state index contributed by atoms with van der Waals surface area (Å²) >= 11 is 4.77. The number of hydrogen-bond acceptors (Lipinski definition) is 4. The standard InChI is InChI=1S/C20H18BrN5OS/c1-2-26-19(16-11-22-17-6-4-3-5-15(16)17)24-25-20(26)28-12-18(27)23-14-9-7-13(21)8-10-14/h3-11,22H,2,12H2,1H3,(H,23,27). The van der Waals surface area contributed by atoms with Crippen LogP contribution in [0.3, 0.4) is 0 Å². The van der Waals surface area contributed by atoms with E-state index >= 15 is 0 Å². The Bertz CT molecular complexity index is 1120.